The average molecular weight is 260 g/mol. The summed E-state index contributed by atoms with van der Waals surface area (Å²) in [5.74, 6) is 0. The lowest BCUT2D eigenvalue weighted by Crippen LogP contribution is -2.19. The largest absolute Gasteiger partial charge is 0.304 e. The summed E-state index contributed by atoms with van der Waals surface area (Å²) < 4.78 is 0. The highest BCUT2D eigenvalue weighted by Gasteiger charge is 2.10. The molecule has 18 heavy (non-hydrogen) atoms. The van der Waals surface area contributed by atoms with Crippen LogP contribution in [0.3, 0.4) is 0 Å². The lowest BCUT2D eigenvalue weighted by Gasteiger charge is -2.14. The van der Waals surface area contributed by atoms with E-state index in [1.807, 2.05) is 23.6 Å². The lowest BCUT2D eigenvalue weighted by atomic mass is 10.1. The van der Waals surface area contributed by atoms with Gasteiger partial charge in [-0.1, -0.05) is 13.0 Å². The molecule has 0 saturated carbocycles. The first kappa shape index (κ1) is 13.2. The molecule has 0 aliphatic rings. The van der Waals surface area contributed by atoms with Crippen molar-refractivity contribution < 1.29 is 0 Å². The Morgan fingerprint density at radius 3 is 2.89 bits per heavy atom. The Hall–Kier alpha value is -1.19. The Morgan fingerprint density at radius 2 is 2.22 bits per heavy atom. The van der Waals surface area contributed by atoms with Crippen molar-refractivity contribution in [1.29, 1.82) is 0 Å². The van der Waals surface area contributed by atoms with Crippen LogP contribution < -0.4 is 5.32 Å². The van der Waals surface area contributed by atoms with Gasteiger partial charge in [0.05, 0.1) is 5.69 Å². The van der Waals surface area contributed by atoms with Gasteiger partial charge in [-0.3, -0.25) is 4.98 Å². The van der Waals surface area contributed by atoms with E-state index in [-0.39, 0.29) is 0 Å². The van der Waals surface area contributed by atoms with Crippen LogP contribution in [0.5, 0.6) is 0 Å². The smallest absolute Gasteiger partial charge is 0.0573 e. The third-order valence-corrected chi connectivity index (χ3v) is 4.44. The maximum Gasteiger partial charge on any atom is 0.0573 e. The van der Waals surface area contributed by atoms with Crippen molar-refractivity contribution >= 4 is 11.3 Å². The van der Waals surface area contributed by atoms with E-state index in [9.17, 15) is 0 Å². The first-order valence-corrected chi connectivity index (χ1v) is 7.30. The normalized spacial score (nSPS) is 12.6. The van der Waals surface area contributed by atoms with Gasteiger partial charge in [0, 0.05) is 23.7 Å². The minimum Gasteiger partial charge on any atom is -0.304 e. The molecule has 2 aromatic heterocycles. The number of thiophene rings is 1. The van der Waals surface area contributed by atoms with Gasteiger partial charge in [-0.05, 0) is 48.9 Å². The maximum absolute atomic E-state index is 4.47. The zero-order valence-corrected chi connectivity index (χ0v) is 12.1. The average Bonchev–Trinajstić information content (AvgIpc) is 2.82. The molecule has 1 atom stereocenters. The third kappa shape index (κ3) is 2.98. The number of rotatable bonds is 5. The number of aromatic nitrogens is 1. The summed E-state index contributed by atoms with van der Waals surface area (Å²) in [5, 5.41) is 5.72. The summed E-state index contributed by atoms with van der Waals surface area (Å²) in [5.41, 5.74) is 3.87. The first-order chi connectivity index (χ1) is 8.72. The highest BCUT2D eigenvalue weighted by Crippen LogP contribution is 2.23. The van der Waals surface area contributed by atoms with Crippen LogP contribution in [0.2, 0.25) is 0 Å². The summed E-state index contributed by atoms with van der Waals surface area (Å²) >= 11 is 1.82. The molecule has 0 amide bonds. The van der Waals surface area contributed by atoms with E-state index < -0.39 is 0 Å². The van der Waals surface area contributed by atoms with E-state index in [0.717, 1.165) is 13.0 Å². The molecule has 0 bridgehead atoms. The predicted molar refractivity (Wildman–Crippen MR) is 77.9 cm³/mol. The topological polar surface area (TPSA) is 24.9 Å². The van der Waals surface area contributed by atoms with Crippen LogP contribution in [0.4, 0.5) is 0 Å². The highest BCUT2D eigenvalue weighted by molar-refractivity contribution is 7.10. The Bertz CT molecular complexity index is 505. The standard InChI is InChI=1S/C15H20N2S/c1-4-13-6-5-8-16-14(13)10-17-12(3)15-11(2)7-9-18-15/h5-9,12,17H,4,10H2,1-3H3. The van der Waals surface area contributed by atoms with Crippen molar-refractivity contribution in [2.75, 3.05) is 0 Å². The fraction of sp³-hybridized carbons (Fsp3) is 0.400. The van der Waals surface area contributed by atoms with Gasteiger partial charge in [-0.2, -0.15) is 0 Å². The summed E-state index contributed by atoms with van der Waals surface area (Å²) in [7, 11) is 0. The maximum atomic E-state index is 4.47. The highest BCUT2D eigenvalue weighted by atomic mass is 32.1. The van der Waals surface area contributed by atoms with E-state index in [1.165, 1.54) is 21.7 Å². The molecule has 96 valence electrons. The molecule has 1 unspecified atom stereocenters. The minimum atomic E-state index is 0.386. The quantitative estimate of drug-likeness (QED) is 0.883. The summed E-state index contributed by atoms with van der Waals surface area (Å²) in [4.78, 5) is 5.89. The van der Waals surface area contributed by atoms with Crippen molar-refractivity contribution in [1.82, 2.24) is 10.3 Å². The van der Waals surface area contributed by atoms with Crippen LogP contribution in [-0.2, 0) is 13.0 Å². The Morgan fingerprint density at radius 1 is 1.39 bits per heavy atom. The first-order valence-electron chi connectivity index (χ1n) is 6.42. The fourth-order valence-electron chi connectivity index (χ4n) is 2.12. The summed E-state index contributed by atoms with van der Waals surface area (Å²) in [6.45, 7) is 7.39. The minimum absolute atomic E-state index is 0.386. The van der Waals surface area contributed by atoms with Gasteiger partial charge in [0.2, 0.25) is 0 Å². The zero-order chi connectivity index (χ0) is 13.0. The molecule has 1 N–H and O–H groups in total. The van der Waals surface area contributed by atoms with Crippen molar-refractivity contribution in [2.45, 2.75) is 39.8 Å². The summed E-state index contributed by atoms with van der Waals surface area (Å²) in [6.07, 6.45) is 2.91. The van der Waals surface area contributed by atoms with Crippen molar-refractivity contribution in [3.8, 4) is 0 Å². The molecule has 0 spiro atoms. The number of hydrogen-bond acceptors (Lipinski definition) is 3. The van der Waals surface area contributed by atoms with Crippen LogP contribution in [-0.4, -0.2) is 4.98 Å². The van der Waals surface area contributed by atoms with Crippen molar-refractivity contribution in [3.05, 3.63) is 51.5 Å². The Labute approximate surface area is 113 Å². The Kier molecular flexibility index (Phi) is 4.50. The number of hydrogen-bond donors (Lipinski definition) is 1. The van der Waals surface area contributed by atoms with Gasteiger partial charge in [0.25, 0.3) is 0 Å². The van der Waals surface area contributed by atoms with Gasteiger partial charge in [-0.15, -0.1) is 11.3 Å². The molecule has 0 radical (unpaired) electrons. The van der Waals surface area contributed by atoms with E-state index in [2.05, 4.69) is 48.6 Å². The molecule has 0 aliphatic carbocycles. The fourth-order valence-corrected chi connectivity index (χ4v) is 3.08. The van der Waals surface area contributed by atoms with Crippen LogP contribution in [0.25, 0.3) is 0 Å². The van der Waals surface area contributed by atoms with Crippen molar-refractivity contribution in [2.24, 2.45) is 0 Å². The molecule has 0 aliphatic heterocycles. The SMILES string of the molecule is CCc1cccnc1CNC(C)c1sccc1C. The second-order valence-electron chi connectivity index (χ2n) is 4.53. The molecule has 2 aromatic rings. The monoisotopic (exact) mass is 260 g/mol. The molecule has 3 heteroatoms. The van der Waals surface area contributed by atoms with Crippen molar-refractivity contribution in [3.63, 3.8) is 0 Å². The number of pyridine rings is 1. The van der Waals surface area contributed by atoms with E-state index >= 15 is 0 Å². The molecule has 0 aromatic carbocycles. The van der Waals surface area contributed by atoms with Gasteiger partial charge in [0.15, 0.2) is 0 Å². The predicted octanol–water partition coefficient (Wildman–Crippen LogP) is 3.86. The Balaban J connectivity index is 2.01. The molecule has 2 nitrogen and oxygen atoms in total. The molecule has 0 fully saturated rings. The second kappa shape index (κ2) is 6.12. The molecular weight excluding hydrogens is 240 g/mol. The van der Waals surface area contributed by atoms with Gasteiger partial charge < -0.3 is 5.32 Å². The van der Waals surface area contributed by atoms with Crippen LogP contribution in [0, 0.1) is 6.92 Å². The van der Waals surface area contributed by atoms with E-state index in [4.69, 9.17) is 0 Å². The van der Waals surface area contributed by atoms with E-state index in [1.54, 1.807) is 0 Å². The van der Waals surface area contributed by atoms with E-state index in [0.29, 0.717) is 6.04 Å². The third-order valence-electron chi connectivity index (χ3n) is 3.24. The van der Waals surface area contributed by atoms with Crippen LogP contribution >= 0.6 is 11.3 Å². The zero-order valence-electron chi connectivity index (χ0n) is 11.2. The molecule has 2 rings (SSSR count). The second-order valence-corrected chi connectivity index (χ2v) is 5.48. The number of nitrogens with zero attached hydrogens (tertiary/aromatic N) is 1. The number of nitrogens with one attached hydrogen (secondary N) is 1. The van der Waals surface area contributed by atoms with Gasteiger partial charge in [-0.25, -0.2) is 0 Å². The van der Waals surface area contributed by atoms with Gasteiger partial charge >= 0.3 is 0 Å². The molecular formula is C15H20N2S. The van der Waals surface area contributed by atoms with Crippen LogP contribution in [0.15, 0.2) is 29.8 Å². The molecule has 2 heterocycles. The number of aryl methyl sites for hydroxylation is 2. The van der Waals surface area contributed by atoms with Crippen LogP contribution in [0.1, 0.15) is 41.6 Å². The lowest BCUT2D eigenvalue weighted by molar-refractivity contribution is 0.571. The summed E-state index contributed by atoms with van der Waals surface area (Å²) in [6, 6.07) is 6.73. The molecule has 0 saturated heterocycles. The van der Waals surface area contributed by atoms with Gasteiger partial charge in [0.1, 0.15) is 0 Å².